The molecule has 1 heterocycles. The van der Waals surface area contributed by atoms with Gasteiger partial charge in [-0.25, -0.2) is 0 Å². The molecule has 1 amide bonds. The Labute approximate surface area is 140 Å². The van der Waals surface area contributed by atoms with Gasteiger partial charge < -0.3 is 14.5 Å². The first-order valence-corrected chi connectivity index (χ1v) is 8.42. The van der Waals surface area contributed by atoms with Crippen molar-refractivity contribution in [3.8, 4) is 5.75 Å². The molecule has 23 heavy (non-hydrogen) atoms. The van der Waals surface area contributed by atoms with Crippen LogP contribution in [-0.2, 0) is 11.2 Å². The number of methoxy groups -OCH3 is 1. The summed E-state index contributed by atoms with van der Waals surface area (Å²) in [5, 5.41) is 0. The number of carbonyl (C=O) groups is 1. The van der Waals surface area contributed by atoms with Gasteiger partial charge in [-0.05, 0) is 63.9 Å². The Morgan fingerprint density at radius 1 is 1.43 bits per heavy atom. The number of aryl methyl sites for hydroxylation is 1. The normalized spacial score (nSPS) is 20.5. The van der Waals surface area contributed by atoms with Crippen LogP contribution in [0.2, 0.25) is 0 Å². The van der Waals surface area contributed by atoms with E-state index in [2.05, 4.69) is 25.8 Å². The second-order valence-electron chi connectivity index (χ2n) is 7.19. The van der Waals surface area contributed by atoms with E-state index in [1.807, 2.05) is 36.2 Å². The number of likely N-dealkylation sites (tertiary alicyclic amines) is 1. The number of carbonyl (C=O) groups excluding carboxylic acids is 1. The molecule has 2 rings (SSSR count). The van der Waals surface area contributed by atoms with Crippen LogP contribution in [0.1, 0.15) is 32.3 Å². The standard InChI is InChI=1S/C19H30N2O2/c1-19(2)16(11-12-21(19)4)14-20(3)18(22)10-9-15-7-6-8-17(13-15)23-5/h6-8,13,16H,9-12,14H2,1-5H3/t16-/m0/s1. The van der Waals surface area contributed by atoms with Crippen LogP contribution in [0.15, 0.2) is 24.3 Å². The molecular weight excluding hydrogens is 288 g/mol. The summed E-state index contributed by atoms with van der Waals surface area (Å²) >= 11 is 0. The highest BCUT2D eigenvalue weighted by atomic mass is 16.5. The molecule has 0 aromatic heterocycles. The minimum absolute atomic E-state index is 0.168. The van der Waals surface area contributed by atoms with Crippen LogP contribution in [-0.4, -0.2) is 55.5 Å². The smallest absolute Gasteiger partial charge is 0.222 e. The first-order valence-electron chi connectivity index (χ1n) is 8.42. The van der Waals surface area contributed by atoms with Gasteiger partial charge in [-0.3, -0.25) is 4.79 Å². The summed E-state index contributed by atoms with van der Waals surface area (Å²) < 4.78 is 5.23. The molecule has 1 fully saturated rings. The van der Waals surface area contributed by atoms with E-state index in [1.54, 1.807) is 7.11 Å². The maximum absolute atomic E-state index is 12.4. The first kappa shape index (κ1) is 17.8. The Bertz CT molecular complexity index is 542. The van der Waals surface area contributed by atoms with Gasteiger partial charge in [0.2, 0.25) is 5.91 Å². The second kappa shape index (κ2) is 7.35. The van der Waals surface area contributed by atoms with E-state index in [0.717, 1.165) is 37.2 Å². The predicted molar refractivity (Wildman–Crippen MR) is 93.8 cm³/mol. The zero-order chi connectivity index (χ0) is 17.0. The van der Waals surface area contributed by atoms with E-state index in [4.69, 9.17) is 4.74 Å². The Morgan fingerprint density at radius 3 is 2.78 bits per heavy atom. The minimum Gasteiger partial charge on any atom is -0.497 e. The Balaban J connectivity index is 1.85. The first-order chi connectivity index (χ1) is 10.8. The molecule has 4 nitrogen and oxygen atoms in total. The van der Waals surface area contributed by atoms with Crippen LogP contribution >= 0.6 is 0 Å². The average molecular weight is 318 g/mol. The van der Waals surface area contributed by atoms with Crippen molar-refractivity contribution >= 4 is 5.91 Å². The highest BCUT2D eigenvalue weighted by Crippen LogP contribution is 2.33. The van der Waals surface area contributed by atoms with Crippen molar-refractivity contribution in [1.29, 1.82) is 0 Å². The van der Waals surface area contributed by atoms with Crippen LogP contribution in [0.25, 0.3) is 0 Å². The summed E-state index contributed by atoms with van der Waals surface area (Å²) in [4.78, 5) is 16.7. The van der Waals surface area contributed by atoms with Gasteiger partial charge in [0.15, 0.2) is 0 Å². The summed E-state index contributed by atoms with van der Waals surface area (Å²) in [5.41, 5.74) is 1.31. The number of nitrogens with zero attached hydrogens (tertiary/aromatic N) is 2. The third kappa shape index (κ3) is 4.25. The molecule has 1 aromatic carbocycles. The fourth-order valence-electron chi connectivity index (χ4n) is 3.32. The number of ether oxygens (including phenoxy) is 1. The summed E-state index contributed by atoms with van der Waals surface area (Å²) in [6.07, 6.45) is 2.47. The van der Waals surface area contributed by atoms with Crippen LogP contribution in [0.4, 0.5) is 0 Å². The van der Waals surface area contributed by atoms with E-state index in [9.17, 15) is 4.79 Å². The molecule has 0 saturated carbocycles. The molecule has 0 bridgehead atoms. The Hall–Kier alpha value is -1.55. The zero-order valence-corrected chi connectivity index (χ0v) is 15.1. The summed E-state index contributed by atoms with van der Waals surface area (Å²) in [5.74, 6) is 1.61. The number of benzene rings is 1. The van der Waals surface area contributed by atoms with Gasteiger partial charge in [0.05, 0.1) is 7.11 Å². The lowest BCUT2D eigenvalue weighted by molar-refractivity contribution is -0.130. The molecule has 1 aliphatic rings. The number of rotatable bonds is 6. The molecule has 0 radical (unpaired) electrons. The third-order valence-corrected chi connectivity index (χ3v) is 5.48. The predicted octanol–water partition coefficient (Wildman–Crippen LogP) is 2.82. The molecule has 0 aliphatic carbocycles. The van der Waals surface area contributed by atoms with Gasteiger partial charge >= 0.3 is 0 Å². The number of hydrogen-bond acceptors (Lipinski definition) is 3. The van der Waals surface area contributed by atoms with Gasteiger partial charge in [-0.1, -0.05) is 12.1 Å². The van der Waals surface area contributed by atoms with E-state index >= 15 is 0 Å². The third-order valence-electron chi connectivity index (χ3n) is 5.48. The average Bonchev–Trinajstić information content (AvgIpc) is 2.79. The van der Waals surface area contributed by atoms with Gasteiger partial charge in [0.25, 0.3) is 0 Å². The van der Waals surface area contributed by atoms with Crippen LogP contribution in [0, 0.1) is 5.92 Å². The summed E-state index contributed by atoms with van der Waals surface area (Å²) in [6.45, 7) is 6.51. The van der Waals surface area contributed by atoms with Gasteiger partial charge in [0, 0.05) is 25.6 Å². The highest BCUT2D eigenvalue weighted by Gasteiger charge is 2.39. The van der Waals surface area contributed by atoms with Crippen molar-refractivity contribution in [1.82, 2.24) is 9.80 Å². The fraction of sp³-hybridized carbons (Fsp3) is 0.632. The van der Waals surface area contributed by atoms with Crippen molar-refractivity contribution in [2.45, 2.75) is 38.6 Å². The van der Waals surface area contributed by atoms with Crippen molar-refractivity contribution in [2.75, 3.05) is 34.3 Å². The van der Waals surface area contributed by atoms with E-state index in [-0.39, 0.29) is 11.4 Å². The molecule has 0 spiro atoms. The molecule has 1 aliphatic heterocycles. The minimum atomic E-state index is 0.168. The molecule has 128 valence electrons. The van der Waals surface area contributed by atoms with Gasteiger partial charge in [-0.15, -0.1) is 0 Å². The lowest BCUT2D eigenvalue weighted by Crippen LogP contribution is -2.44. The molecule has 4 heteroatoms. The van der Waals surface area contributed by atoms with E-state index in [1.165, 1.54) is 0 Å². The van der Waals surface area contributed by atoms with Crippen molar-refractivity contribution < 1.29 is 9.53 Å². The fourth-order valence-corrected chi connectivity index (χ4v) is 3.32. The van der Waals surface area contributed by atoms with Crippen molar-refractivity contribution in [3.05, 3.63) is 29.8 Å². The monoisotopic (exact) mass is 318 g/mol. The quantitative estimate of drug-likeness (QED) is 0.808. The van der Waals surface area contributed by atoms with Crippen LogP contribution in [0.5, 0.6) is 5.75 Å². The molecule has 1 atom stereocenters. The molecular formula is C19H30N2O2. The van der Waals surface area contributed by atoms with E-state index in [0.29, 0.717) is 12.3 Å². The second-order valence-corrected chi connectivity index (χ2v) is 7.19. The highest BCUT2D eigenvalue weighted by molar-refractivity contribution is 5.76. The van der Waals surface area contributed by atoms with Crippen LogP contribution in [0.3, 0.4) is 0 Å². The molecule has 1 aromatic rings. The topological polar surface area (TPSA) is 32.8 Å². The molecule has 1 saturated heterocycles. The largest absolute Gasteiger partial charge is 0.497 e. The maximum atomic E-state index is 12.4. The summed E-state index contributed by atoms with van der Waals surface area (Å²) in [6, 6.07) is 7.95. The Kier molecular flexibility index (Phi) is 5.69. The maximum Gasteiger partial charge on any atom is 0.222 e. The van der Waals surface area contributed by atoms with Crippen LogP contribution < -0.4 is 4.74 Å². The van der Waals surface area contributed by atoms with Gasteiger partial charge in [-0.2, -0.15) is 0 Å². The SMILES string of the molecule is COc1cccc(CCC(=O)N(C)C[C@@H]2CCN(C)C2(C)C)c1. The number of hydrogen-bond donors (Lipinski definition) is 0. The lowest BCUT2D eigenvalue weighted by Gasteiger charge is -2.35. The molecule has 0 unspecified atom stereocenters. The number of amides is 1. The van der Waals surface area contributed by atoms with E-state index < -0.39 is 0 Å². The lowest BCUT2D eigenvalue weighted by atomic mass is 9.88. The van der Waals surface area contributed by atoms with Gasteiger partial charge in [0.1, 0.15) is 5.75 Å². The summed E-state index contributed by atoms with van der Waals surface area (Å²) in [7, 11) is 5.77. The molecule has 0 N–H and O–H groups in total. The zero-order valence-electron chi connectivity index (χ0n) is 15.1. The van der Waals surface area contributed by atoms with Crippen molar-refractivity contribution in [2.24, 2.45) is 5.92 Å². The Morgan fingerprint density at radius 2 is 2.17 bits per heavy atom. The van der Waals surface area contributed by atoms with Crippen molar-refractivity contribution in [3.63, 3.8) is 0 Å².